The van der Waals surface area contributed by atoms with Gasteiger partial charge >= 0.3 is 12.1 Å². The molecule has 3 aromatic rings. The molecule has 0 unspecified atom stereocenters. The van der Waals surface area contributed by atoms with Gasteiger partial charge in [0.1, 0.15) is 11.5 Å². The Labute approximate surface area is 250 Å². The predicted molar refractivity (Wildman–Crippen MR) is 161 cm³/mol. The normalized spacial score (nSPS) is 11.1. The number of phenols is 1. The van der Waals surface area contributed by atoms with Crippen molar-refractivity contribution in [2.45, 2.75) is 33.2 Å². The van der Waals surface area contributed by atoms with Gasteiger partial charge in [-0.1, -0.05) is 26.0 Å². The van der Waals surface area contributed by atoms with Crippen LogP contribution in [0.25, 0.3) is 10.8 Å². The average molecular weight is 592 g/mol. The molecule has 3 rings (SSSR count). The molecule has 0 bridgehead atoms. The standard InChI is InChI=1S/C30H37N7O6/c1-6-8-13-31-29(40)36(3)14-15-37(4)30(41)43-35-34-22-10-11-26(38)23(17-22)28(39)33-19-25-24-18-32-21(7-2)16-20(24)9-12-27(25)42-5/h8-13,16-18,38H,6-7,14-15,19H2,1-5H3,(H,31,40)(H,33,39)/b13-8-,35-34+. The van der Waals surface area contributed by atoms with Gasteiger partial charge in [0.2, 0.25) is 0 Å². The van der Waals surface area contributed by atoms with Crippen LogP contribution in [0.3, 0.4) is 0 Å². The first-order valence-electron chi connectivity index (χ1n) is 13.7. The van der Waals surface area contributed by atoms with Crippen LogP contribution >= 0.6 is 0 Å². The number of ether oxygens (including phenoxy) is 1. The van der Waals surface area contributed by atoms with Gasteiger partial charge in [0, 0.05) is 68.0 Å². The summed E-state index contributed by atoms with van der Waals surface area (Å²) in [6.45, 7) is 4.54. The summed E-state index contributed by atoms with van der Waals surface area (Å²) >= 11 is 0. The van der Waals surface area contributed by atoms with Gasteiger partial charge in [-0.05, 0) is 48.6 Å². The van der Waals surface area contributed by atoms with Gasteiger partial charge in [0.05, 0.1) is 18.4 Å². The number of aryl methyl sites for hydroxylation is 1. The maximum atomic E-state index is 13.0. The number of urea groups is 1. The molecule has 0 saturated carbocycles. The lowest BCUT2D eigenvalue weighted by molar-refractivity contribution is 0.0947. The summed E-state index contributed by atoms with van der Waals surface area (Å²) in [5, 5.41) is 24.9. The number of pyridine rings is 1. The van der Waals surface area contributed by atoms with Crippen molar-refractivity contribution in [2.24, 2.45) is 10.4 Å². The predicted octanol–water partition coefficient (Wildman–Crippen LogP) is 5.07. The third-order valence-corrected chi connectivity index (χ3v) is 6.53. The Hall–Kier alpha value is -5.20. The van der Waals surface area contributed by atoms with Crippen LogP contribution in [0.2, 0.25) is 0 Å². The quantitative estimate of drug-likeness (QED) is 0.196. The van der Waals surface area contributed by atoms with Crippen molar-refractivity contribution < 1.29 is 29.1 Å². The van der Waals surface area contributed by atoms with Gasteiger partial charge in [-0.2, -0.15) is 0 Å². The zero-order valence-electron chi connectivity index (χ0n) is 25.0. The summed E-state index contributed by atoms with van der Waals surface area (Å²) in [5.41, 5.74) is 1.83. The summed E-state index contributed by atoms with van der Waals surface area (Å²) in [5.74, 6) is -0.219. The molecule has 0 spiro atoms. The number of phenolic OH excluding ortho intramolecular Hbond substituents is 1. The number of rotatable bonds is 12. The van der Waals surface area contributed by atoms with Crippen molar-refractivity contribution in [3.05, 3.63) is 71.7 Å². The highest BCUT2D eigenvalue weighted by molar-refractivity contribution is 5.98. The number of nitrogens with zero attached hydrogens (tertiary/aromatic N) is 5. The molecule has 43 heavy (non-hydrogen) atoms. The molecular weight excluding hydrogens is 554 g/mol. The lowest BCUT2D eigenvalue weighted by Gasteiger charge is -2.20. The highest BCUT2D eigenvalue weighted by Gasteiger charge is 2.16. The Kier molecular flexibility index (Phi) is 11.8. The average Bonchev–Trinajstić information content (AvgIpc) is 3.02. The molecule has 0 aliphatic heterocycles. The number of carbonyl (C=O) groups is 3. The molecule has 13 nitrogen and oxygen atoms in total. The maximum Gasteiger partial charge on any atom is 0.437 e. The minimum Gasteiger partial charge on any atom is -0.507 e. The highest BCUT2D eigenvalue weighted by Crippen LogP contribution is 2.29. The van der Waals surface area contributed by atoms with E-state index in [0.717, 1.165) is 34.9 Å². The summed E-state index contributed by atoms with van der Waals surface area (Å²) < 4.78 is 5.50. The van der Waals surface area contributed by atoms with Crippen molar-refractivity contribution in [1.29, 1.82) is 0 Å². The summed E-state index contributed by atoms with van der Waals surface area (Å²) in [6, 6.07) is 9.49. The molecule has 0 atom stereocenters. The Morgan fingerprint density at radius 3 is 2.56 bits per heavy atom. The molecule has 0 fully saturated rings. The zero-order chi connectivity index (χ0) is 31.4. The lowest BCUT2D eigenvalue weighted by Crippen LogP contribution is -2.40. The van der Waals surface area contributed by atoms with Crippen molar-refractivity contribution in [2.75, 3.05) is 34.3 Å². The van der Waals surface area contributed by atoms with Crippen LogP contribution in [-0.2, 0) is 17.8 Å². The topological polar surface area (TPSA) is 158 Å². The minimum absolute atomic E-state index is 0.0411. The summed E-state index contributed by atoms with van der Waals surface area (Å²) in [4.78, 5) is 49.2. The van der Waals surface area contributed by atoms with E-state index in [4.69, 9.17) is 9.57 Å². The van der Waals surface area contributed by atoms with Gasteiger partial charge < -0.3 is 30.3 Å². The van der Waals surface area contributed by atoms with Crippen LogP contribution in [0.5, 0.6) is 11.5 Å². The monoisotopic (exact) mass is 591 g/mol. The number of aromatic hydroxyl groups is 1. The number of hydrogen-bond donors (Lipinski definition) is 3. The number of aromatic nitrogens is 1. The fourth-order valence-corrected chi connectivity index (χ4v) is 3.93. The van der Waals surface area contributed by atoms with Crippen LogP contribution in [0, 0.1) is 0 Å². The number of benzene rings is 2. The SMILES string of the molecule is CC/C=C\NC(=O)N(C)CCN(C)C(=O)O/N=N/c1ccc(O)c(C(=O)NCc2c(OC)ccc3cc(CC)ncc23)c1. The fourth-order valence-electron chi connectivity index (χ4n) is 3.93. The van der Waals surface area contributed by atoms with Gasteiger partial charge in [0.15, 0.2) is 0 Å². The summed E-state index contributed by atoms with van der Waals surface area (Å²) in [6.07, 6.45) is 5.95. The molecule has 0 saturated heterocycles. The van der Waals surface area contributed by atoms with Gasteiger partial charge in [0.25, 0.3) is 5.91 Å². The van der Waals surface area contributed by atoms with Crippen molar-refractivity contribution >= 4 is 34.5 Å². The molecule has 1 heterocycles. The van der Waals surface area contributed by atoms with Crippen LogP contribution in [0.1, 0.15) is 41.9 Å². The second kappa shape index (κ2) is 15.7. The van der Waals surface area contributed by atoms with Crippen LogP contribution in [0.15, 0.2) is 65.3 Å². The van der Waals surface area contributed by atoms with E-state index < -0.39 is 12.0 Å². The lowest BCUT2D eigenvalue weighted by atomic mass is 10.0. The van der Waals surface area contributed by atoms with E-state index in [1.807, 2.05) is 38.1 Å². The van der Waals surface area contributed by atoms with Gasteiger partial charge in [-0.25, -0.2) is 9.59 Å². The van der Waals surface area contributed by atoms with E-state index in [1.54, 1.807) is 26.6 Å². The molecule has 3 N–H and O–H groups in total. The number of nitrogens with one attached hydrogen (secondary N) is 2. The number of amides is 4. The van der Waals surface area contributed by atoms with Crippen LogP contribution in [-0.4, -0.2) is 72.2 Å². The first-order valence-corrected chi connectivity index (χ1v) is 13.7. The van der Waals surface area contributed by atoms with E-state index in [9.17, 15) is 19.5 Å². The second-order valence-electron chi connectivity index (χ2n) is 9.52. The van der Waals surface area contributed by atoms with Crippen molar-refractivity contribution in [1.82, 2.24) is 25.4 Å². The molecule has 228 valence electrons. The van der Waals surface area contributed by atoms with E-state index in [0.29, 0.717) is 5.75 Å². The van der Waals surface area contributed by atoms with Crippen LogP contribution in [0.4, 0.5) is 15.3 Å². The minimum atomic E-state index is -0.787. The highest BCUT2D eigenvalue weighted by atomic mass is 16.7. The van der Waals surface area contributed by atoms with E-state index in [-0.39, 0.29) is 42.7 Å². The van der Waals surface area contributed by atoms with Crippen LogP contribution < -0.4 is 15.4 Å². The fraction of sp³-hybridized carbons (Fsp3) is 0.333. The molecular formula is C30H37N7O6. The van der Waals surface area contributed by atoms with E-state index in [2.05, 4.69) is 26.0 Å². The Bertz CT molecular complexity index is 1510. The largest absolute Gasteiger partial charge is 0.507 e. The number of fused-ring (bicyclic) bond motifs is 1. The van der Waals surface area contributed by atoms with E-state index in [1.165, 1.54) is 35.0 Å². The maximum absolute atomic E-state index is 13.0. The molecule has 4 amide bonds. The smallest absolute Gasteiger partial charge is 0.437 e. The molecule has 0 radical (unpaired) electrons. The van der Waals surface area contributed by atoms with Crippen molar-refractivity contribution in [3.8, 4) is 11.5 Å². The number of methoxy groups -OCH3 is 1. The molecule has 0 aliphatic rings. The first-order chi connectivity index (χ1) is 20.7. The third-order valence-electron chi connectivity index (χ3n) is 6.53. The van der Waals surface area contributed by atoms with Gasteiger partial charge in [-0.15, -0.1) is 5.11 Å². The molecule has 0 aliphatic carbocycles. The van der Waals surface area contributed by atoms with E-state index >= 15 is 0 Å². The number of hydrogen-bond acceptors (Lipinski definition) is 9. The Balaban J connectivity index is 1.60. The molecule has 1 aromatic heterocycles. The van der Waals surface area contributed by atoms with Gasteiger partial charge in [-0.3, -0.25) is 14.6 Å². The first kappa shape index (κ1) is 32.3. The Morgan fingerprint density at radius 1 is 1.07 bits per heavy atom. The number of likely N-dealkylation sites (N-methyl/N-ethyl adjacent to an activating group) is 2. The third kappa shape index (κ3) is 8.89. The molecule has 2 aromatic carbocycles. The molecule has 13 heteroatoms. The second-order valence-corrected chi connectivity index (χ2v) is 9.52. The Morgan fingerprint density at radius 2 is 1.84 bits per heavy atom. The number of carbonyl (C=O) groups excluding carboxylic acids is 3. The zero-order valence-corrected chi connectivity index (χ0v) is 25.0. The summed E-state index contributed by atoms with van der Waals surface area (Å²) in [7, 11) is 4.65. The number of allylic oxidation sites excluding steroid dienone is 1. The van der Waals surface area contributed by atoms with Crippen molar-refractivity contribution in [3.63, 3.8) is 0 Å².